The Balaban J connectivity index is 1.64. The second-order valence-electron chi connectivity index (χ2n) is 6.94. The predicted octanol–water partition coefficient (Wildman–Crippen LogP) is 3.93. The summed E-state index contributed by atoms with van der Waals surface area (Å²) in [6.07, 6.45) is 4.32. The lowest BCUT2D eigenvalue weighted by Crippen LogP contribution is -2.36. The van der Waals surface area contributed by atoms with Crippen molar-refractivity contribution in [3.63, 3.8) is 0 Å². The van der Waals surface area contributed by atoms with E-state index in [1.165, 1.54) is 18.9 Å². The minimum Gasteiger partial charge on any atom is -0.497 e. The Bertz CT molecular complexity index is 893. The molecule has 2 aromatic carbocycles. The Kier molecular flexibility index (Phi) is 8.09. The Morgan fingerprint density at radius 1 is 1.10 bits per heavy atom. The molecule has 2 N–H and O–H groups in total. The van der Waals surface area contributed by atoms with Crippen molar-refractivity contribution in [2.45, 2.75) is 26.6 Å². The van der Waals surface area contributed by atoms with E-state index in [1.54, 1.807) is 12.1 Å². The first-order valence-corrected chi connectivity index (χ1v) is 10.2. The minimum absolute atomic E-state index is 0.103. The largest absolute Gasteiger partial charge is 0.497 e. The van der Waals surface area contributed by atoms with Gasteiger partial charge in [0, 0.05) is 37.4 Å². The minimum atomic E-state index is -2.90. The predicted molar refractivity (Wildman–Crippen MR) is 119 cm³/mol. The van der Waals surface area contributed by atoms with Gasteiger partial charge in [-0.2, -0.15) is 8.78 Å². The molecular formula is C23H28F2N4O2. The van der Waals surface area contributed by atoms with Gasteiger partial charge >= 0.3 is 6.61 Å². The van der Waals surface area contributed by atoms with Crippen LogP contribution in [0, 0.1) is 0 Å². The molecule has 31 heavy (non-hydrogen) atoms. The molecule has 0 aromatic heterocycles. The highest BCUT2D eigenvalue weighted by Gasteiger charge is 2.12. The van der Waals surface area contributed by atoms with E-state index in [1.807, 2.05) is 6.92 Å². The lowest BCUT2D eigenvalue weighted by Gasteiger charge is -2.17. The molecule has 0 saturated carbocycles. The van der Waals surface area contributed by atoms with Crippen molar-refractivity contribution in [1.29, 1.82) is 0 Å². The maximum Gasteiger partial charge on any atom is 0.387 e. The Morgan fingerprint density at radius 3 is 2.48 bits per heavy atom. The van der Waals surface area contributed by atoms with E-state index in [9.17, 15) is 8.78 Å². The Hall–Kier alpha value is -3.29. The van der Waals surface area contributed by atoms with E-state index >= 15 is 0 Å². The summed E-state index contributed by atoms with van der Waals surface area (Å²) in [6, 6.07) is 13.1. The van der Waals surface area contributed by atoms with Gasteiger partial charge in [-0.15, -0.1) is 0 Å². The maximum atomic E-state index is 12.7. The van der Waals surface area contributed by atoms with Crippen molar-refractivity contribution in [2.75, 3.05) is 31.6 Å². The molecule has 0 amide bonds. The van der Waals surface area contributed by atoms with Crippen LogP contribution in [0.4, 0.5) is 14.5 Å². The highest BCUT2D eigenvalue weighted by molar-refractivity contribution is 5.79. The standard InChI is InChI=1S/C23H28F2N4O2/c1-3-26-23(27-15-17-6-8-19(9-7-17)29-12-4-5-13-29)28-16-18-14-20(30-2)10-11-21(18)31-22(24)25/h4-11,14,22H,3,12-13,15-16H2,1-2H3,(H2,26,27,28). The van der Waals surface area contributed by atoms with Gasteiger partial charge in [-0.25, -0.2) is 4.99 Å². The van der Waals surface area contributed by atoms with E-state index in [2.05, 4.69) is 61.7 Å². The topological polar surface area (TPSA) is 58.1 Å². The number of alkyl halides is 2. The van der Waals surface area contributed by atoms with Crippen molar-refractivity contribution >= 4 is 11.6 Å². The zero-order valence-electron chi connectivity index (χ0n) is 17.8. The average Bonchev–Trinajstić information content (AvgIpc) is 3.31. The molecule has 0 fully saturated rings. The number of ether oxygens (including phenoxy) is 2. The SMILES string of the molecule is CCNC(=NCc1ccc(N2CC=CC2)cc1)NCc1cc(OC)ccc1OC(F)F. The van der Waals surface area contributed by atoms with Crippen LogP contribution in [0.3, 0.4) is 0 Å². The molecular weight excluding hydrogens is 402 g/mol. The molecule has 0 radical (unpaired) electrons. The summed E-state index contributed by atoms with van der Waals surface area (Å²) in [6.45, 7) is 2.37. The average molecular weight is 430 g/mol. The van der Waals surface area contributed by atoms with Gasteiger partial charge in [0.2, 0.25) is 0 Å². The zero-order valence-corrected chi connectivity index (χ0v) is 17.8. The van der Waals surface area contributed by atoms with Gasteiger partial charge < -0.3 is 25.0 Å². The molecule has 0 aliphatic carbocycles. The number of nitrogens with zero attached hydrogens (tertiary/aromatic N) is 2. The van der Waals surface area contributed by atoms with Gasteiger partial charge in [0.15, 0.2) is 5.96 Å². The Labute approximate surface area is 181 Å². The fourth-order valence-corrected chi connectivity index (χ4v) is 3.22. The van der Waals surface area contributed by atoms with Crippen LogP contribution in [0.1, 0.15) is 18.1 Å². The number of anilines is 1. The highest BCUT2D eigenvalue weighted by Crippen LogP contribution is 2.25. The first-order chi connectivity index (χ1) is 15.1. The number of halogens is 2. The van der Waals surface area contributed by atoms with Gasteiger partial charge in [-0.3, -0.25) is 0 Å². The quantitative estimate of drug-likeness (QED) is 0.359. The molecule has 0 saturated heterocycles. The number of nitrogens with one attached hydrogen (secondary N) is 2. The smallest absolute Gasteiger partial charge is 0.387 e. The molecule has 1 aliphatic rings. The van der Waals surface area contributed by atoms with Crippen LogP contribution in [0.5, 0.6) is 11.5 Å². The molecule has 166 valence electrons. The normalized spacial score (nSPS) is 13.6. The van der Waals surface area contributed by atoms with Crippen LogP contribution >= 0.6 is 0 Å². The summed E-state index contributed by atoms with van der Waals surface area (Å²) in [5.74, 6) is 1.25. The van der Waals surface area contributed by atoms with Crippen LogP contribution in [-0.2, 0) is 13.1 Å². The van der Waals surface area contributed by atoms with E-state index in [0.717, 1.165) is 18.7 Å². The van der Waals surface area contributed by atoms with E-state index in [0.29, 0.717) is 30.4 Å². The summed E-state index contributed by atoms with van der Waals surface area (Å²) in [4.78, 5) is 6.89. The molecule has 3 rings (SSSR count). The van der Waals surface area contributed by atoms with Crippen LogP contribution < -0.4 is 25.0 Å². The highest BCUT2D eigenvalue weighted by atomic mass is 19.3. The van der Waals surface area contributed by atoms with Gasteiger partial charge in [0.05, 0.1) is 13.7 Å². The van der Waals surface area contributed by atoms with E-state index < -0.39 is 6.61 Å². The second kappa shape index (κ2) is 11.2. The number of benzene rings is 2. The van der Waals surface area contributed by atoms with Crippen LogP contribution in [-0.4, -0.2) is 39.3 Å². The van der Waals surface area contributed by atoms with E-state index in [-0.39, 0.29) is 12.3 Å². The summed E-state index contributed by atoms with van der Waals surface area (Å²) in [5.41, 5.74) is 2.82. The maximum absolute atomic E-state index is 12.7. The summed E-state index contributed by atoms with van der Waals surface area (Å²) < 4.78 is 35.3. The summed E-state index contributed by atoms with van der Waals surface area (Å²) >= 11 is 0. The van der Waals surface area contributed by atoms with Crippen LogP contribution in [0.2, 0.25) is 0 Å². The molecule has 2 aromatic rings. The molecule has 1 aliphatic heterocycles. The second-order valence-corrected chi connectivity index (χ2v) is 6.94. The number of hydrogen-bond acceptors (Lipinski definition) is 4. The van der Waals surface area contributed by atoms with Gasteiger partial charge in [-0.1, -0.05) is 24.3 Å². The zero-order chi connectivity index (χ0) is 22.1. The fraction of sp³-hybridized carbons (Fsp3) is 0.348. The Morgan fingerprint density at radius 2 is 1.84 bits per heavy atom. The monoisotopic (exact) mass is 430 g/mol. The van der Waals surface area contributed by atoms with Gasteiger partial charge in [0.1, 0.15) is 11.5 Å². The number of rotatable bonds is 9. The molecule has 0 atom stereocenters. The number of hydrogen-bond donors (Lipinski definition) is 2. The van der Waals surface area contributed by atoms with Crippen molar-refractivity contribution in [3.05, 3.63) is 65.7 Å². The van der Waals surface area contributed by atoms with Crippen LogP contribution in [0.15, 0.2) is 59.6 Å². The summed E-state index contributed by atoms with van der Waals surface area (Å²) in [7, 11) is 1.53. The third-order valence-corrected chi connectivity index (χ3v) is 4.81. The van der Waals surface area contributed by atoms with Gasteiger partial charge in [-0.05, 0) is 42.8 Å². The molecule has 0 unspecified atom stereocenters. The van der Waals surface area contributed by atoms with Gasteiger partial charge in [0.25, 0.3) is 0 Å². The summed E-state index contributed by atoms with van der Waals surface area (Å²) in [5, 5.41) is 6.34. The lowest BCUT2D eigenvalue weighted by atomic mass is 10.2. The molecule has 0 spiro atoms. The number of guanidine groups is 1. The van der Waals surface area contributed by atoms with Crippen LogP contribution in [0.25, 0.3) is 0 Å². The van der Waals surface area contributed by atoms with Crippen molar-refractivity contribution < 1.29 is 18.3 Å². The molecule has 1 heterocycles. The van der Waals surface area contributed by atoms with Crippen molar-refractivity contribution in [1.82, 2.24) is 10.6 Å². The van der Waals surface area contributed by atoms with Crippen molar-refractivity contribution in [2.24, 2.45) is 4.99 Å². The molecule has 6 nitrogen and oxygen atoms in total. The first kappa shape index (κ1) is 22.4. The number of aliphatic imine (C=N–C) groups is 1. The van der Waals surface area contributed by atoms with E-state index in [4.69, 9.17) is 4.74 Å². The lowest BCUT2D eigenvalue weighted by molar-refractivity contribution is -0.0504. The molecule has 0 bridgehead atoms. The third kappa shape index (κ3) is 6.60. The molecule has 8 heteroatoms. The third-order valence-electron chi connectivity index (χ3n) is 4.81. The van der Waals surface area contributed by atoms with Crippen molar-refractivity contribution in [3.8, 4) is 11.5 Å². The fourth-order valence-electron chi connectivity index (χ4n) is 3.22. The number of methoxy groups -OCH3 is 1. The first-order valence-electron chi connectivity index (χ1n) is 10.2.